The molecule has 0 aliphatic heterocycles. The second-order valence-corrected chi connectivity index (χ2v) is 5.76. The first-order valence-corrected chi connectivity index (χ1v) is 8.52. The average Bonchev–Trinajstić information content (AvgIpc) is 2.63. The van der Waals surface area contributed by atoms with E-state index in [1.54, 1.807) is 14.2 Å². The lowest BCUT2D eigenvalue weighted by atomic mass is 10.2. The van der Waals surface area contributed by atoms with Crippen molar-refractivity contribution in [3.8, 4) is 11.5 Å². The van der Waals surface area contributed by atoms with E-state index < -0.39 is 0 Å². The predicted octanol–water partition coefficient (Wildman–Crippen LogP) is 3.61. The molecule has 134 valence electrons. The summed E-state index contributed by atoms with van der Waals surface area (Å²) in [6, 6.07) is 13.6. The number of hydrogen-bond acceptors (Lipinski definition) is 3. The van der Waals surface area contributed by atoms with Crippen molar-refractivity contribution < 1.29 is 9.47 Å². The molecule has 0 saturated carbocycles. The number of ether oxygens (including phenoxy) is 2. The van der Waals surface area contributed by atoms with Gasteiger partial charge in [0.2, 0.25) is 0 Å². The molecule has 0 saturated heterocycles. The highest BCUT2D eigenvalue weighted by Gasteiger charge is 2.06. The molecule has 0 aromatic heterocycles. The molecule has 2 rings (SSSR count). The van der Waals surface area contributed by atoms with Crippen molar-refractivity contribution in [1.82, 2.24) is 10.6 Å². The standard InChI is InChI=1S/C19H24ClN3O2/c1-4-25-17-9-8-15(11-18(17)24-3)13-23-19(21-2)22-12-14-6-5-7-16(20)10-14/h5-11H,4,12-13H2,1-3H3,(H2,21,22,23). The van der Waals surface area contributed by atoms with Crippen LogP contribution in [0.25, 0.3) is 0 Å². The van der Waals surface area contributed by atoms with Crippen LogP contribution in [0.1, 0.15) is 18.1 Å². The van der Waals surface area contributed by atoms with Crippen LogP contribution in [0.2, 0.25) is 5.02 Å². The van der Waals surface area contributed by atoms with E-state index >= 15 is 0 Å². The van der Waals surface area contributed by atoms with Gasteiger partial charge in [0.25, 0.3) is 0 Å². The first kappa shape index (κ1) is 18.9. The maximum absolute atomic E-state index is 6.00. The van der Waals surface area contributed by atoms with Crippen LogP contribution in [0.3, 0.4) is 0 Å². The van der Waals surface area contributed by atoms with Gasteiger partial charge in [0.1, 0.15) is 0 Å². The average molecular weight is 362 g/mol. The van der Waals surface area contributed by atoms with Gasteiger partial charge in [-0.2, -0.15) is 0 Å². The third kappa shape index (κ3) is 5.87. The number of aliphatic imine (C=N–C) groups is 1. The molecule has 0 aliphatic rings. The fourth-order valence-corrected chi connectivity index (χ4v) is 2.55. The molecule has 0 bridgehead atoms. The third-order valence-electron chi connectivity index (χ3n) is 3.56. The predicted molar refractivity (Wildman–Crippen MR) is 103 cm³/mol. The maximum atomic E-state index is 6.00. The number of benzene rings is 2. The summed E-state index contributed by atoms with van der Waals surface area (Å²) in [7, 11) is 3.38. The lowest BCUT2D eigenvalue weighted by Crippen LogP contribution is -2.36. The number of methoxy groups -OCH3 is 1. The monoisotopic (exact) mass is 361 g/mol. The fourth-order valence-electron chi connectivity index (χ4n) is 2.34. The number of nitrogens with zero attached hydrogens (tertiary/aromatic N) is 1. The lowest BCUT2D eigenvalue weighted by molar-refractivity contribution is 0.310. The van der Waals surface area contributed by atoms with E-state index in [0.717, 1.165) is 27.6 Å². The molecule has 0 fully saturated rings. The Labute approximate surface area is 154 Å². The minimum absolute atomic E-state index is 0.605. The van der Waals surface area contributed by atoms with Crippen LogP contribution >= 0.6 is 11.6 Å². The zero-order chi connectivity index (χ0) is 18.1. The zero-order valence-electron chi connectivity index (χ0n) is 14.8. The Kier molecular flexibility index (Phi) is 7.41. The van der Waals surface area contributed by atoms with Crippen LogP contribution in [0, 0.1) is 0 Å². The van der Waals surface area contributed by atoms with Crippen molar-refractivity contribution >= 4 is 17.6 Å². The molecular weight excluding hydrogens is 338 g/mol. The molecular formula is C19H24ClN3O2. The minimum Gasteiger partial charge on any atom is -0.493 e. The van der Waals surface area contributed by atoms with Crippen LogP contribution in [-0.2, 0) is 13.1 Å². The summed E-state index contributed by atoms with van der Waals surface area (Å²) in [6.07, 6.45) is 0. The summed E-state index contributed by atoms with van der Waals surface area (Å²) >= 11 is 6.00. The molecule has 0 aliphatic carbocycles. The van der Waals surface area contributed by atoms with Crippen molar-refractivity contribution in [3.05, 3.63) is 58.6 Å². The fraction of sp³-hybridized carbons (Fsp3) is 0.316. The molecule has 5 nitrogen and oxygen atoms in total. The molecule has 2 aromatic rings. The Hall–Kier alpha value is -2.40. The highest BCUT2D eigenvalue weighted by molar-refractivity contribution is 6.30. The van der Waals surface area contributed by atoms with Crippen LogP contribution in [0.4, 0.5) is 0 Å². The van der Waals surface area contributed by atoms with Crippen LogP contribution < -0.4 is 20.1 Å². The van der Waals surface area contributed by atoms with E-state index in [0.29, 0.717) is 25.7 Å². The van der Waals surface area contributed by atoms with Gasteiger partial charge < -0.3 is 20.1 Å². The Morgan fingerprint density at radius 1 is 1.04 bits per heavy atom. The second-order valence-electron chi connectivity index (χ2n) is 5.33. The van der Waals surface area contributed by atoms with Gasteiger partial charge in [0, 0.05) is 25.2 Å². The molecule has 6 heteroatoms. The van der Waals surface area contributed by atoms with Crippen LogP contribution in [0.15, 0.2) is 47.5 Å². The number of halogens is 1. The lowest BCUT2D eigenvalue weighted by Gasteiger charge is -2.14. The van der Waals surface area contributed by atoms with Gasteiger partial charge >= 0.3 is 0 Å². The van der Waals surface area contributed by atoms with E-state index in [9.17, 15) is 0 Å². The molecule has 2 aromatic carbocycles. The number of hydrogen-bond donors (Lipinski definition) is 2. The van der Waals surface area contributed by atoms with E-state index in [1.807, 2.05) is 49.4 Å². The smallest absolute Gasteiger partial charge is 0.191 e. The molecule has 0 heterocycles. The van der Waals surface area contributed by atoms with Gasteiger partial charge in [0.15, 0.2) is 17.5 Å². The first-order chi connectivity index (χ1) is 12.2. The Balaban J connectivity index is 1.92. The molecule has 0 spiro atoms. The Morgan fingerprint density at radius 3 is 2.36 bits per heavy atom. The van der Waals surface area contributed by atoms with Gasteiger partial charge in [-0.1, -0.05) is 29.8 Å². The SMILES string of the molecule is CCOc1ccc(CNC(=NC)NCc2cccc(Cl)c2)cc1OC. The van der Waals surface area contributed by atoms with Crippen molar-refractivity contribution in [2.45, 2.75) is 20.0 Å². The Bertz CT molecular complexity index is 720. The molecule has 0 unspecified atom stereocenters. The summed E-state index contributed by atoms with van der Waals surface area (Å²) in [5, 5.41) is 7.28. The van der Waals surface area contributed by atoms with Gasteiger partial charge in [-0.25, -0.2) is 0 Å². The van der Waals surface area contributed by atoms with Gasteiger partial charge in [-0.15, -0.1) is 0 Å². The van der Waals surface area contributed by atoms with E-state index in [2.05, 4.69) is 15.6 Å². The maximum Gasteiger partial charge on any atom is 0.191 e. The van der Waals surface area contributed by atoms with Crippen molar-refractivity contribution in [3.63, 3.8) is 0 Å². The molecule has 2 N–H and O–H groups in total. The molecule has 0 amide bonds. The topological polar surface area (TPSA) is 54.9 Å². The normalized spacial score (nSPS) is 11.1. The van der Waals surface area contributed by atoms with Crippen LogP contribution in [0.5, 0.6) is 11.5 Å². The van der Waals surface area contributed by atoms with Crippen molar-refractivity contribution in [2.24, 2.45) is 4.99 Å². The summed E-state index contributed by atoms with van der Waals surface area (Å²) in [4.78, 5) is 4.24. The van der Waals surface area contributed by atoms with E-state index in [1.165, 1.54) is 0 Å². The number of rotatable bonds is 7. The summed E-state index contributed by atoms with van der Waals surface area (Å²) < 4.78 is 10.9. The van der Waals surface area contributed by atoms with E-state index in [4.69, 9.17) is 21.1 Å². The Morgan fingerprint density at radius 2 is 1.76 bits per heavy atom. The summed E-state index contributed by atoms with van der Waals surface area (Å²) in [5.41, 5.74) is 2.17. The zero-order valence-corrected chi connectivity index (χ0v) is 15.6. The highest BCUT2D eigenvalue weighted by atomic mass is 35.5. The van der Waals surface area contributed by atoms with Gasteiger partial charge in [0.05, 0.1) is 13.7 Å². The van der Waals surface area contributed by atoms with Crippen LogP contribution in [-0.4, -0.2) is 26.7 Å². The highest BCUT2D eigenvalue weighted by Crippen LogP contribution is 2.27. The quantitative estimate of drug-likeness (QED) is 0.584. The number of guanidine groups is 1. The largest absolute Gasteiger partial charge is 0.493 e. The van der Waals surface area contributed by atoms with Crippen molar-refractivity contribution in [2.75, 3.05) is 20.8 Å². The molecule has 0 radical (unpaired) electrons. The van der Waals surface area contributed by atoms with Gasteiger partial charge in [-0.3, -0.25) is 4.99 Å². The van der Waals surface area contributed by atoms with E-state index in [-0.39, 0.29) is 0 Å². The second kappa shape index (κ2) is 9.79. The first-order valence-electron chi connectivity index (χ1n) is 8.15. The minimum atomic E-state index is 0.605. The summed E-state index contributed by atoms with van der Waals surface area (Å²) in [5.74, 6) is 2.19. The molecule has 0 atom stereocenters. The van der Waals surface area contributed by atoms with Gasteiger partial charge in [-0.05, 0) is 42.3 Å². The number of nitrogens with one attached hydrogen (secondary N) is 2. The third-order valence-corrected chi connectivity index (χ3v) is 3.80. The molecule has 25 heavy (non-hydrogen) atoms. The summed E-state index contributed by atoms with van der Waals surface area (Å²) in [6.45, 7) is 3.82. The van der Waals surface area contributed by atoms with Crippen molar-refractivity contribution in [1.29, 1.82) is 0 Å².